The van der Waals surface area contributed by atoms with Crippen molar-refractivity contribution in [2.24, 2.45) is 11.1 Å². The lowest BCUT2D eigenvalue weighted by molar-refractivity contribution is -0.129. The number of rotatable bonds is 4. The Hall–Kier alpha value is -1.06. The molecule has 1 aliphatic carbocycles. The van der Waals surface area contributed by atoms with Crippen LogP contribution in [0, 0.1) is 5.41 Å². The molecule has 3 N–H and O–H groups in total. The van der Waals surface area contributed by atoms with Crippen LogP contribution in [0.1, 0.15) is 51.0 Å². The van der Waals surface area contributed by atoms with Gasteiger partial charge in [-0.25, -0.2) is 0 Å². The predicted molar refractivity (Wildman–Crippen MR) is 89.7 cm³/mol. The van der Waals surface area contributed by atoms with Crippen molar-refractivity contribution in [2.75, 3.05) is 6.54 Å². The van der Waals surface area contributed by atoms with Crippen molar-refractivity contribution in [2.45, 2.75) is 51.5 Å². The summed E-state index contributed by atoms with van der Waals surface area (Å²) in [6.45, 7) is 4.19. The Balaban J connectivity index is 0.00000220. The number of carbonyl (C=O) groups excluding carboxylic acids is 1. The lowest BCUT2D eigenvalue weighted by Crippen LogP contribution is -2.47. The van der Waals surface area contributed by atoms with Crippen molar-refractivity contribution in [3.63, 3.8) is 0 Å². The Kier molecular flexibility index (Phi) is 6.69. The molecule has 0 unspecified atom stereocenters. The summed E-state index contributed by atoms with van der Waals surface area (Å²) < 4.78 is 0. The van der Waals surface area contributed by atoms with Crippen LogP contribution in [0.5, 0.6) is 0 Å². The molecule has 0 heterocycles. The van der Waals surface area contributed by atoms with E-state index in [4.69, 9.17) is 5.73 Å². The van der Waals surface area contributed by atoms with E-state index in [1.54, 1.807) is 0 Å². The number of benzene rings is 1. The summed E-state index contributed by atoms with van der Waals surface area (Å²) >= 11 is 0. The standard InChI is InChI=1S/C17H26N2O.ClH/c1-17(2,12-18)16(20)19-15-10-8-14(9-11-15)13-6-4-3-5-7-13;/h3-7,14-15H,8-12,18H2,1-2H3,(H,19,20);1H. The highest BCUT2D eigenvalue weighted by molar-refractivity contribution is 5.85. The molecule has 1 fully saturated rings. The summed E-state index contributed by atoms with van der Waals surface area (Å²) in [5.74, 6) is 0.732. The molecule has 0 spiro atoms. The molecule has 0 aliphatic heterocycles. The highest BCUT2D eigenvalue weighted by atomic mass is 35.5. The van der Waals surface area contributed by atoms with Crippen molar-refractivity contribution in [1.82, 2.24) is 5.32 Å². The van der Waals surface area contributed by atoms with E-state index < -0.39 is 5.41 Å². The molecule has 1 aliphatic rings. The smallest absolute Gasteiger partial charge is 0.227 e. The first-order valence-electron chi connectivity index (χ1n) is 7.59. The number of halogens is 1. The number of hydrogen-bond acceptors (Lipinski definition) is 2. The Bertz CT molecular complexity index is 439. The summed E-state index contributed by atoms with van der Waals surface area (Å²) in [7, 11) is 0. The van der Waals surface area contributed by atoms with Gasteiger partial charge >= 0.3 is 0 Å². The van der Waals surface area contributed by atoms with Crippen LogP contribution in [0.15, 0.2) is 30.3 Å². The average molecular weight is 311 g/mol. The molecule has 3 nitrogen and oxygen atoms in total. The van der Waals surface area contributed by atoms with Gasteiger partial charge in [0.25, 0.3) is 0 Å². The predicted octanol–water partition coefficient (Wildman–Crippen LogP) is 3.24. The third kappa shape index (κ3) is 4.72. The van der Waals surface area contributed by atoms with Crippen LogP contribution in [0.25, 0.3) is 0 Å². The third-order valence-corrected chi connectivity index (χ3v) is 4.46. The Morgan fingerprint density at radius 1 is 1.19 bits per heavy atom. The van der Waals surface area contributed by atoms with E-state index in [2.05, 4.69) is 35.6 Å². The number of amides is 1. The van der Waals surface area contributed by atoms with Crippen LogP contribution < -0.4 is 11.1 Å². The van der Waals surface area contributed by atoms with E-state index in [1.165, 1.54) is 5.56 Å². The van der Waals surface area contributed by atoms with Gasteiger partial charge in [-0.15, -0.1) is 12.4 Å². The molecule has 118 valence electrons. The third-order valence-electron chi connectivity index (χ3n) is 4.46. The van der Waals surface area contributed by atoms with Crippen LogP contribution in [0.3, 0.4) is 0 Å². The Morgan fingerprint density at radius 3 is 2.29 bits per heavy atom. The second-order valence-electron chi connectivity index (χ2n) is 6.52. The minimum absolute atomic E-state index is 0. The van der Waals surface area contributed by atoms with Crippen LogP contribution >= 0.6 is 12.4 Å². The van der Waals surface area contributed by atoms with Gasteiger partial charge < -0.3 is 11.1 Å². The molecule has 1 aromatic carbocycles. The lowest BCUT2D eigenvalue weighted by atomic mass is 9.81. The maximum Gasteiger partial charge on any atom is 0.227 e. The lowest BCUT2D eigenvalue weighted by Gasteiger charge is -2.32. The van der Waals surface area contributed by atoms with Gasteiger partial charge in [0.1, 0.15) is 0 Å². The fourth-order valence-corrected chi connectivity index (χ4v) is 2.77. The zero-order valence-corrected chi connectivity index (χ0v) is 13.8. The van der Waals surface area contributed by atoms with Crippen LogP contribution in [-0.4, -0.2) is 18.5 Å². The molecule has 1 saturated carbocycles. The van der Waals surface area contributed by atoms with E-state index in [-0.39, 0.29) is 18.3 Å². The second-order valence-corrected chi connectivity index (χ2v) is 6.52. The molecule has 0 radical (unpaired) electrons. The fraction of sp³-hybridized carbons (Fsp3) is 0.588. The quantitative estimate of drug-likeness (QED) is 0.897. The van der Waals surface area contributed by atoms with E-state index in [1.807, 2.05) is 13.8 Å². The maximum absolute atomic E-state index is 12.1. The normalized spacial score (nSPS) is 22.2. The first-order valence-corrected chi connectivity index (χ1v) is 7.59. The molecule has 2 rings (SSSR count). The van der Waals surface area contributed by atoms with Crippen molar-refractivity contribution in [3.05, 3.63) is 35.9 Å². The molecule has 4 heteroatoms. The zero-order valence-electron chi connectivity index (χ0n) is 13.0. The SMILES string of the molecule is CC(C)(CN)C(=O)NC1CCC(c2ccccc2)CC1.Cl. The van der Waals surface area contributed by atoms with Crippen molar-refractivity contribution in [3.8, 4) is 0 Å². The summed E-state index contributed by atoms with van der Waals surface area (Å²) in [5.41, 5.74) is 6.62. The van der Waals surface area contributed by atoms with Crippen LogP contribution in [0.2, 0.25) is 0 Å². The largest absolute Gasteiger partial charge is 0.353 e. The van der Waals surface area contributed by atoms with E-state index in [0.717, 1.165) is 25.7 Å². The van der Waals surface area contributed by atoms with Crippen LogP contribution in [0.4, 0.5) is 0 Å². The molecule has 0 aromatic heterocycles. The maximum atomic E-state index is 12.1. The molecule has 0 bridgehead atoms. The van der Waals surface area contributed by atoms with Crippen molar-refractivity contribution >= 4 is 18.3 Å². The molecule has 1 aromatic rings. The van der Waals surface area contributed by atoms with Gasteiger partial charge in [-0.2, -0.15) is 0 Å². The van der Waals surface area contributed by atoms with E-state index >= 15 is 0 Å². The minimum atomic E-state index is -0.462. The van der Waals surface area contributed by atoms with Crippen LogP contribution in [-0.2, 0) is 4.79 Å². The van der Waals surface area contributed by atoms with E-state index in [9.17, 15) is 4.79 Å². The highest BCUT2D eigenvalue weighted by Gasteiger charge is 2.29. The number of nitrogens with one attached hydrogen (secondary N) is 1. The molecule has 0 saturated heterocycles. The summed E-state index contributed by atoms with van der Waals surface area (Å²) in [6, 6.07) is 11.0. The summed E-state index contributed by atoms with van der Waals surface area (Å²) in [6.07, 6.45) is 4.42. The van der Waals surface area contributed by atoms with Gasteiger partial charge in [0, 0.05) is 12.6 Å². The van der Waals surface area contributed by atoms with Gasteiger partial charge in [-0.3, -0.25) is 4.79 Å². The number of carbonyl (C=O) groups is 1. The molecular formula is C17H27ClN2O. The summed E-state index contributed by atoms with van der Waals surface area (Å²) in [4.78, 5) is 12.1. The van der Waals surface area contributed by atoms with Gasteiger partial charge in [0.15, 0.2) is 0 Å². The Morgan fingerprint density at radius 2 is 1.76 bits per heavy atom. The topological polar surface area (TPSA) is 55.1 Å². The van der Waals surface area contributed by atoms with Gasteiger partial charge in [0.2, 0.25) is 5.91 Å². The summed E-state index contributed by atoms with van der Waals surface area (Å²) in [5, 5.41) is 3.16. The Labute approximate surface area is 134 Å². The van der Waals surface area contributed by atoms with Crippen molar-refractivity contribution in [1.29, 1.82) is 0 Å². The van der Waals surface area contributed by atoms with Gasteiger partial charge in [-0.1, -0.05) is 30.3 Å². The second kappa shape index (κ2) is 7.81. The molecule has 0 atom stereocenters. The number of hydrogen-bond donors (Lipinski definition) is 2. The van der Waals surface area contributed by atoms with Crippen molar-refractivity contribution < 1.29 is 4.79 Å². The first-order chi connectivity index (χ1) is 9.53. The zero-order chi connectivity index (χ0) is 14.6. The molecule has 1 amide bonds. The fourth-order valence-electron chi connectivity index (χ4n) is 2.77. The minimum Gasteiger partial charge on any atom is -0.353 e. The average Bonchev–Trinajstić information content (AvgIpc) is 2.49. The molecular weight excluding hydrogens is 284 g/mol. The van der Waals surface area contributed by atoms with Gasteiger partial charge in [-0.05, 0) is 51.0 Å². The number of nitrogens with two attached hydrogens (primary N) is 1. The first kappa shape index (κ1) is 18.0. The van der Waals surface area contributed by atoms with E-state index in [0.29, 0.717) is 18.5 Å². The van der Waals surface area contributed by atoms with Gasteiger partial charge in [0.05, 0.1) is 5.41 Å². The molecule has 21 heavy (non-hydrogen) atoms. The highest BCUT2D eigenvalue weighted by Crippen LogP contribution is 2.33. The monoisotopic (exact) mass is 310 g/mol.